The largest absolute Gasteiger partial charge is 1.00 e. The molecule has 0 fully saturated rings. The molecule has 4 nitrogen and oxygen atoms in total. The Bertz CT molecular complexity index is 158. The van der Waals surface area contributed by atoms with Crippen LogP contribution in [-0.4, -0.2) is 23.7 Å². The maximum absolute atomic E-state index is 10.2. The number of hydrogen-bond acceptors (Lipinski definition) is 2. The molecule has 0 saturated heterocycles. The zero-order valence-corrected chi connectivity index (χ0v) is 6.28. The summed E-state index contributed by atoms with van der Waals surface area (Å²) in [5.74, 6) is 0. The Kier molecular flexibility index (Phi) is 9.24. The molecule has 0 radical (unpaired) electrons. The summed E-state index contributed by atoms with van der Waals surface area (Å²) in [6.45, 7) is 1.77. The Labute approximate surface area is 73.5 Å². The van der Waals surface area contributed by atoms with Crippen molar-refractivity contribution in [3.8, 4) is 0 Å². The van der Waals surface area contributed by atoms with E-state index in [4.69, 9.17) is 17.5 Å². The van der Waals surface area contributed by atoms with Crippen LogP contribution in [0.1, 0.15) is 0 Å². The minimum atomic E-state index is -4.67. The Morgan fingerprint density at radius 3 is 1.18 bits per heavy atom. The zero-order valence-electron chi connectivity index (χ0n) is 5.46. The van der Waals surface area contributed by atoms with Gasteiger partial charge in [0.2, 0.25) is 0 Å². The predicted molar refractivity (Wildman–Crippen MR) is 25.6 cm³/mol. The van der Waals surface area contributed by atoms with E-state index in [1.807, 2.05) is 0 Å². The second-order valence-corrected chi connectivity index (χ2v) is 1.96. The van der Waals surface area contributed by atoms with Crippen LogP contribution in [0.5, 0.6) is 0 Å². The Morgan fingerprint density at radius 1 is 1.18 bits per heavy atom. The van der Waals surface area contributed by atoms with Crippen LogP contribution in [0.15, 0.2) is 0 Å². The topological polar surface area (TPSA) is 74.6 Å². The molecular weight excluding hydrogens is 184 g/mol. The Morgan fingerprint density at radius 2 is 1.18 bits per heavy atom. The van der Waals surface area contributed by atoms with Gasteiger partial charge in [0, 0.05) is 0 Å². The van der Waals surface area contributed by atoms with Gasteiger partial charge in [-0.2, -0.15) is 8.42 Å². The third kappa shape index (κ3) is 10600. The number of alkyl halides is 3. The Hall–Kier alpha value is 0.257. The monoisotopic (exact) mass is 188 g/mol. The minimum Gasteiger partial charge on any atom is -0.264 e. The van der Waals surface area contributed by atoms with Crippen LogP contribution < -0.4 is 18.9 Å². The summed E-state index contributed by atoms with van der Waals surface area (Å²) in [6, 6.07) is 0. The van der Waals surface area contributed by atoms with Crippen LogP contribution in [0.3, 0.4) is 0 Å². The van der Waals surface area contributed by atoms with Crippen LogP contribution >= 0.6 is 0 Å². The summed E-state index contributed by atoms with van der Waals surface area (Å²) in [7, 11) is -4.67. The van der Waals surface area contributed by atoms with E-state index in [1.165, 1.54) is 0 Å². The van der Waals surface area contributed by atoms with Crippen LogP contribution in [0.4, 0.5) is 13.2 Å². The quantitative estimate of drug-likeness (QED) is 0.255. The van der Waals surface area contributed by atoms with Crippen molar-refractivity contribution in [1.82, 2.24) is 0 Å². The second kappa shape index (κ2) is 5.85. The van der Waals surface area contributed by atoms with Crippen LogP contribution in [0, 0.1) is 6.92 Å². The van der Waals surface area contributed by atoms with Crippen molar-refractivity contribution in [3.05, 3.63) is 6.92 Å². The number of rotatable bonds is 0. The fourth-order valence-electron chi connectivity index (χ4n) is 0. The molecule has 2 N–H and O–H groups in total. The molecule has 0 bridgehead atoms. The first-order valence-corrected chi connectivity index (χ1v) is 3.02. The summed E-state index contributed by atoms with van der Waals surface area (Å²) in [6.07, 6.45) is -4.25. The van der Waals surface area contributed by atoms with Gasteiger partial charge in [0.15, 0.2) is 0 Å². The first kappa shape index (κ1) is 17.4. The first-order chi connectivity index (χ1) is 4.00. The normalized spacial score (nSPS) is 10.7. The van der Waals surface area contributed by atoms with Gasteiger partial charge >= 0.3 is 29.3 Å². The van der Waals surface area contributed by atoms with Crippen molar-refractivity contribution >= 4 is 10.4 Å². The Balaban J connectivity index is -0.000000107. The van der Waals surface area contributed by atoms with Crippen molar-refractivity contribution in [2.45, 2.75) is 6.18 Å². The maximum atomic E-state index is 10.2. The molecule has 0 aromatic carbocycles. The van der Waals surface area contributed by atoms with Crippen LogP contribution in [0.2, 0.25) is 0 Å². The van der Waals surface area contributed by atoms with Gasteiger partial charge in [0.25, 0.3) is 6.18 Å². The van der Waals surface area contributed by atoms with Gasteiger partial charge in [0.05, 0.1) is 0 Å². The van der Waals surface area contributed by atoms with Gasteiger partial charge in [-0.25, -0.2) is 20.1 Å². The smallest absolute Gasteiger partial charge is 0.264 e. The summed E-state index contributed by atoms with van der Waals surface area (Å²) in [4.78, 5) is 0. The van der Waals surface area contributed by atoms with Crippen molar-refractivity contribution in [2.75, 3.05) is 0 Å². The molecule has 0 saturated carbocycles. The molecule has 0 aromatic rings. The van der Waals surface area contributed by atoms with Crippen LogP contribution in [0.25, 0.3) is 0 Å². The molecule has 11 heavy (non-hydrogen) atoms. The zero-order chi connectivity index (χ0) is 9.00. The van der Waals surface area contributed by atoms with Crippen molar-refractivity contribution < 1.29 is 49.6 Å². The van der Waals surface area contributed by atoms with Crippen molar-refractivity contribution in [3.63, 3.8) is 0 Å². The molecule has 0 aliphatic heterocycles. The molecule has 0 aliphatic carbocycles. The van der Waals surface area contributed by atoms with E-state index in [2.05, 4.69) is 0 Å². The van der Waals surface area contributed by atoms with Gasteiger partial charge < -0.3 is 0 Å². The predicted octanol–water partition coefficient (Wildman–Crippen LogP) is -2.27. The molecule has 0 heterocycles. The van der Waals surface area contributed by atoms with E-state index < -0.39 is 16.6 Å². The first-order valence-electron chi connectivity index (χ1n) is 1.62. The SMILES string of the molecule is O=S(=O)(O)O.[CH2-]C(F)(F)F.[Li+]. The molecule has 0 atom stereocenters. The van der Waals surface area contributed by atoms with E-state index in [9.17, 15) is 13.2 Å². The summed E-state index contributed by atoms with van der Waals surface area (Å²) in [5.41, 5.74) is 0. The van der Waals surface area contributed by atoms with Gasteiger partial charge in [-0.15, -0.1) is 0 Å². The summed E-state index contributed by atoms with van der Waals surface area (Å²) in [5, 5.41) is 0. The van der Waals surface area contributed by atoms with E-state index in [0.29, 0.717) is 0 Å². The molecule has 0 rings (SSSR count). The molecular formula is C2H4F3LiO4S. The number of halogens is 3. The fraction of sp³-hybridized carbons (Fsp3) is 0.500. The molecule has 0 amide bonds. The van der Waals surface area contributed by atoms with E-state index in [0.717, 1.165) is 0 Å². The van der Waals surface area contributed by atoms with E-state index in [1.54, 1.807) is 6.92 Å². The van der Waals surface area contributed by atoms with Gasteiger partial charge in [-0.1, -0.05) is 0 Å². The number of hydrogen-bond donors (Lipinski definition) is 2. The molecule has 9 heteroatoms. The molecule has 0 aromatic heterocycles. The molecule has 0 spiro atoms. The van der Waals surface area contributed by atoms with Crippen molar-refractivity contribution in [2.24, 2.45) is 0 Å². The third-order valence-corrected chi connectivity index (χ3v) is 0. The van der Waals surface area contributed by atoms with E-state index in [-0.39, 0.29) is 18.9 Å². The maximum Gasteiger partial charge on any atom is 1.00 e. The van der Waals surface area contributed by atoms with Gasteiger partial charge in [-0.05, 0) is 0 Å². The average Bonchev–Trinajstić information content (AvgIpc) is 1.12. The standard InChI is InChI=1S/C2H2F3.Li.H2O4S/c1-2(3,4)5;;1-5(2,3)4/h1H2;;(H2,1,2,3,4)/q-1;+1;. The van der Waals surface area contributed by atoms with Crippen molar-refractivity contribution in [1.29, 1.82) is 0 Å². The van der Waals surface area contributed by atoms with Gasteiger partial charge in [-0.3, -0.25) is 9.11 Å². The van der Waals surface area contributed by atoms with Crippen LogP contribution in [-0.2, 0) is 10.4 Å². The van der Waals surface area contributed by atoms with Gasteiger partial charge in [0.1, 0.15) is 0 Å². The molecule has 0 aliphatic rings. The summed E-state index contributed by atoms with van der Waals surface area (Å²) >= 11 is 0. The average molecular weight is 188 g/mol. The van der Waals surface area contributed by atoms with E-state index >= 15 is 0 Å². The third-order valence-electron chi connectivity index (χ3n) is 0. The molecule has 64 valence electrons. The second-order valence-electron chi connectivity index (χ2n) is 1.06. The minimum absolute atomic E-state index is 0. The summed E-state index contributed by atoms with van der Waals surface area (Å²) < 4.78 is 62.3. The fourth-order valence-corrected chi connectivity index (χ4v) is 0. The molecule has 0 unspecified atom stereocenters.